The largest absolute Gasteiger partial charge is 0.410 e. The first-order valence-corrected chi connectivity index (χ1v) is 9.55. The molecule has 2 N–H and O–H groups in total. The van der Waals surface area contributed by atoms with Gasteiger partial charge in [-0.1, -0.05) is 48.0 Å². The fourth-order valence-electron chi connectivity index (χ4n) is 3.41. The molecule has 2 aromatic heterocycles. The SMILES string of the molecule is O=C(NCc1cccnc1)c1nn2c(c1Cl)N[C@H](c1ccccc1)C[C@@H]2C(F)(F)F. The molecule has 0 radical (unpaired) electrons. The van der Waals surface area contributed by atoms with E-state index in [1.807, 2.05) is 0 Å². The molecule has 0 bridgehead atoms. The number of benzene rings is 1. The molecule has 156 valence electrons. The first-order valence-electron chi connectivity index (χ1n) is 9.18. The summed E-state index contributed by atoms with van der Waals surface area (Å²) in [6.07, 6.45) is -1.65. The summed E-state index contributed by atoms with van der Waals surface area (Å²) in [7, 11) is 0. The minimum Gasteiger partial charge on any atom is -0.362 e. The number of hydrogen-bond acceptors (Lipinski definition) is 4. The fraction of sp³-hybridized carbons (Fsp3) is 0.250. The molecule has 0 fully saturated rings. The van der Waals surface area contributed by atoms with E-state index in [1.54, 1.807) is 54.9 Å². The Morgan fingerprint density at radius 3 is 2.67 bits per heavy atom. The van der Waals surface area contributed by atoms with Crippen molar-refractivity contribution in [2.45, 2.75) is 31.2 Å². The maximum atomic E-state index is 13.8. The Kier molecular flexibility index (Phi) is 5.38. The van der Waals surface area contributed by atoms with Gasteiger partial charge in [0.15, 0.2) is 11.7 Å². The van der Waals surface area contributed by atoms with E-state index in [9.17, 15) is 18.0 Å². The minimum absolute atomic E-state index is 0.0226. The Morgan fingerprint density at radius 2 is 2.00 bits per heavy atom. The molecule has 3 aromatic rings. The molecule has 0 unspecified atom stereocenters. The molecular formula is C20H17ClF3N5O. The summed E-state index contributed by atoms with van der Waals surface area (Å²) < 4.78 is 42.1. The van der Waals surface area contributed by atoms with Crippen molar-refractivity contribution in [1.82, 2.24) is 20.1 Å². The Hall–Kier alpha value is -3.07. The zero-order valence-electron chi connectivity index (χ0n) is 15.5. The standard InChI is InChI=1S/C20H17ClF3N5O/c21-16-17(19(30)26-11-12-5-4-8-25-10-12)28-29-15(20(22,23)24)9-14(27-18(16)29)13-6-2-1-3-7-13/h1-8,10,14-15,27H,9,11H2,(H,26,30)/t14-,15+/m0/s1. The van der Waals surface area contributed by atoms with Crippen LogP contribution in [0, 0.1) is 0 Å². The molecule has 4 rings (SSSR count). The van der Waals surface area contributed by atoms with Crippen molar-refractivity contribution in [3.8, 4) is 0 Å². The van der Waals surface area contributed by atoms with Crippen molar-refractivity contribution >= 4 is 23.3 Å². The van der Waals surface area contributed by atoms with Crippen molar-refractivity contribution in [3.05, 3.63) is 76.7 Å². The second kappa shape index (κ2) is 7.98. The van der Waals surface area contributed by atoms with E-state index in [4.69, 9.17) is 11.6 Å². The third-order valence-corrected chi connectivity index (χ3v) is 5.25. The lowest BCUT2D eigenvalue weighted by Gasteiger charge is -2.33. The van der Waals surface area contributed by atoms with Gasteiger partial charge in [-0.05, 0) is 17.2 Å². The van der Waals surface area contributed by atoms with Crippen LogP contribution in [0.2, 0.25) is 5.02 Å². The van der Waals surface area contributed by atoms with Gasteiger partial charge in [-0.15, -0.1) is 0 Å². The first kappa shape index (κ1) is 20.2. The van der Waals surface area contributed by atoms with Gasteiger partial charge >= 0.3 is 6.18 Å². The van der Waals surface area contributed by atoms with Crippen LogP contribution in [0.25, 0.3) is 0 Å². The number of fused-ring (bicyclic) bond motifs is 1. The van der Waals surface area contributed by atoms with Crippen LogP contribution in [0.15, 0.2) is 54.9 Å². The molecule has 0 saturated heterocycles. The van der Waals surface area contributed by atoms with E-state index in [0.717, 1.165) is 10.2 Å². The van der Waals surface area contributed by atoms with Crippen molar-refractivity contribution in [3.63, 3.8) is 0 Å². The Balaban J connectivity index is 1.64. The van der Waals surface area contributed by atoms with E-state index in [0.29, 0.717) is 5.56 Å². The number of alkyl halides is 3. The summed E-state index contributed by atoms with van der Waals surface area (Å²) in [6.45, 7) is 0.147. The predicted molar refractivity (Wildman–Crippen MR) is 105 cm³/mol. The van der Waals surface area contributed by atoms with Gasteiger partial charge in [0.2, 0.25) is 0 Å². The van der Waals surface area contributed by atoms with Crippen molar-refractivity contribution in [2.75, 3.05) is 5.32 Å². The molecule has 30 heavy (non-hydrogen) atoms. The van der Waals surface area contributed by atoms with Gasteiger partial charge in [0.1, 0.15) is 10.8 Å². The highest BCUT2D eigenvalue weighted by molar-refractivity contribution is 6.36. The summed E-state index contributed by atoms with van der Waals surface area (Å²) in [5.74, 6) is -0.685. The normalized spacial score (nSPS) is 18.4. The van der Waals surface area contributed by atoms with E-state index in [1.165, 1.54) is 0 Å². The van der Waals surface area contributed by atoms with Gasteiger partial charge in [0, 0.05) is 25.4 Å². The van der Waals surface area contributed by atoms with Crippen molar-refractivity contribution in [2.24, 2.45) is 0 Å². The average molecular weight is 436 g/mol. The van der Waals surface area contributed by atoms with E-state index >= 15 is 0 Å². The van der Waals surface area contributed by atoms with Crippen LogP contribution in [0.1, 0.15) is 40.1 Å². The zero-order valence-corrected chi connectivity index (χ0v) is 16.3. The first-order chi connectivity index (χ1) is 14.3. The molecule has 1 amide bonds. The molecule has 0 aliphatic carbocycles. The van der Waals surface area contributed by atoms with Crippen molar-refractivity contribution < 1.29 is 18.0 Å². The summed E-state index contributed by atoms with van der Waals surface area (Å²) in [5.41, 5.74) is 1.17. The van der Waals surface area contributed by atoms with Crippen LogP contribution < -0.4 is 10.6 Å². The second-order valence-corrected chi connectivity index (χ2v) is 7.28. The molecular weight excluding hydrogens is 419 g/mol. The molecule has 1 aliphatic heterocycles. The number of hydrogen-bond donors (Lipinski definition) is 2. The molecule has 2 atom stereocenters. The molecule has 1 aromatic carbocycles. The molecule has 1 aliphatic rings. The van der Waals surface area contributed by atoms with Gasteiger partial charge in [-0.25, -0.2) is 4.68 Å². The lowest BCUT2D eigenvalue weighted by Crippen LogP contribution is -2.35. The number of aromatic nitrogens is 3. The molecule has 0 spiro atoms. The van der Waals surface area contributed by atoms with Gasteiger partial charge in [0.05, 0.1) is 6.04 Å². The highest BCUT2D eigenvalue weighted by Gasteiger charge is 2.47. The summed E-state index contributed by atoms with van der Waals surface area (Å²) in [5, 5.41) is 9.39. The third-order valence-electron chi connectivity index (χ3n) is 4.89. The lowest BCUT2D eigenvalue weighted by atomic mass is 9.97. The van der Waals surface area contributed by atoms with Gasteiger partial charge in [-0.2, -0.15) is 18.3 Å². The number of pyridine rings is 1. The predicted octanol–water partition coefficient (Wildman–Crippen LogP) is 4.52. The Morgan fingerprint density at radius 1 is 1.23 bits per heavy atom. The number of carbonyl (C=O) groups is 1. The maximum Gasteiger partial charge on any atom is 0.410 e. The number of nitrogens with zero attached hydrogens (tertiary/aromatic N) is 3. The van der Waals surface area contributed by atoms with Crippen LogP contribution in [0.4, 0.5) is 19.0 Å². The second-order valence-electron chi connectivity index (χ2n) is 6.90. The molecule has 0 saturated carbocycles. The highest BCUT2D eigenvalue weighted by Crippen LogP contribution is 2.46. The number of anilines is 1. The topological polar surface area (TPSA) is 71.8 Å². The summed E-state index contributed by atoms with van der Waals surface area (Å²) in [6, 6.07) is 9.73. The molecule has 10 heteroatoms. The maximum absolute atomic E-state index is 13.8. The number of amides is 1. The lowest BCUT2D eigenvalue weighted by molar-refractivity contribution is -0.173. The van der Waals surface area contributed by atoms with E-state index in [2.05, 4.69) is 20.7 Å². The fourth-order valence-corrected chi connectivity index (χ4v) is 3.67. The smallest absolute Gasteiger partial charge is 0.362 e. The number of carbonyl (C=O) groups excluding carboxylic acids is 1. The van der Waals surface area contributed by atoms with Gasteiger partial charge in [-0.3, -0.25) is 9.78 Å². The quantitative estimate of drug-likeness (QED) is 0.632. The zero-order chi connectivity index (χ0) is 21.3. The number of rotatable bonds is 4. The minimum atomic E-state index is -4.55. The Labute approximate surface area is 175 Å². The van der Waals surface area contributed by atoms with Gasteiger partial charge < -0.3 is 10.6 Å². The van der Waals surface area contributed by atoms with Crippen LogP contribution in [0.5, 0.6) is 0 Å². The molecule has 3 heterocycles. The van der Waals surface area contributed by atoms with Gasteiger partial charge in [0.25, 0.3) is 5.91 Å². The average Bonchev–Trinajstić information content (AvgIpc) is 3.08. The van der Waals surface area contributed by atoms with E-state index in [-0.39, 0.29) is 29.5 Å². The summed E-state index contributed by atoms with van der Waals surface area (Å²) in [4.78, 5) is 16.5. The number of nitrogens with one attached hydrogen (secondary N) is 2. The van der Waals surface area contributed by atoms with Crippen molar-refractivity contribution in [1.29, 1.82) is 0 Å². The Bertz CT molecular complexity index is 1040. The highest BCUT2D eigenvalue weighted by atomic mass is 35.5. The monoisotopic (exact) mass is 435 g/mol. The third kappa shape index (κ3) is 3.97. The van der Waals surface area contributed by atoms with Crippen LogP contribution in [-0.2, 0) is 6.54 Å². The summed E-state index contributed by atoms with van der Waals surface area (Å²) >= 11 is 6.30. The van der Waals surface area contributed by atoms with Crippen LogP contribution >= 0.6 is 11.6 Å². The molecule has 6 nitrogen and oxygen atoms in total. The van der Waals surface area contributed by atoms with E-state index < -0.39 is 24.2 Å². The van der Waals surface area contributed by atoms with Crippen LogP contribution in [0.3, 0.4) is 0 Å². The van der Waals surface area contributed by atoms with Crippen LogP contribution in [-0.4, -0.2) is 26.8 Å². The number of halogens is 4.